The summed E-state index contributed by atoms with van der Waals surface area (Å²) in [7, 11) is 0. The van der Waals surface area contributed by atoms with Gasteiger partial charge in [-0.05, 0) is 30.5 Å². The van der Waals surface area contributed by atoms with Crippen LogP contribution in [0.5, 0.6) is 0 Å². The van der Waals surface area contributed by atoms with Crippen LogP contribution in [0, 0.1) is 0 Å². The van der Waals surface area contributed by atoms with E-state index in [0.717, 1.165) is 5.56 Å². The number of ether oxygens (including phenoxy) is 5. The lowest BCUT2D eigenvalue weighted by molar-refractivity contribution is -0.317. The lowest BCUT2D eigenvalue weighted by atomic mass is 9.98. The van der Waals surface area contributed by atoms with Crippen LogP contribution in [0.3, 0.4) is 0 Å². The molecule has 2 saturated heterocycles. The van der Waals surface area contributed by atoms with Crippen molar-refractivity contribution in [2.45, 2.75) is 36.1 Å². The highest BCUT2D eigenvalue weighted by molar-refractivity contribution is 7.99. The molecule has 3 aromatic rings. The van der Waals surface area contributed by atoms with E-state index in [1.54, 1.807) is 48.5 Å². The normalized spacial score (nSPS) is 27.5. The molecule has 8 heteroatoms. The van der Waals surface area contributed by atoms with Gasteiger partial charge in [-0.15, -0.1) is 11.8 Å². The maximum Gasteiger partial charge on any atom is 0.338 e. The van der Waals surface area contributed by atoms with Gasteiger partial charge in [-0.25, -0.2) is 9.59 Å². The molecule has 2 fully saturated rings. The molecule has 2 heterocycles. The highest BCUT2D eigenvalue weighted by Gasteiger charge is 2.53. The molecule has 6 atom stereocenters. The summed E-state index contributed by atoms with van der Waals surface area (Å²) in [4.78, 5) is 26.2. The Morgan fingerprint density at radius 1 is 0.750 bits per heavy atom. The van der Waals surface area contributed by atoms with Crippen molar-refractivity contribution in [2.75, 3.05) is 12.9 Å². The summed E-state index contributed by atoms with van der Waals surface area (Å²) < 4.78 is 30.5. The zero-order chi connectivity index (χ0) is 24.9. The monoisotopic (exact) mass is 506 g/mol. The standard InChI is InChI=1S/C28H26O7S/c1-36-28-24(34-26(30)19-13-7-3-8-14-19)23(33-25(29)18-11-5-2-6-12-18)22-21(32-28)17-31-27(35-22)20-15-9-4-10-16-20/h2-16,21-24,27-28H,17H2,1H3/t21-,22+,23+,24-,27+,28+/m1/s1. The fourth-order valence-electron chi connectivity index (χ4n) is 4.31. The molecule has 3 aromatic carbocycles. The van der Waals surface area contributed by atoms with Crippen LogP contribution in [0.2, 0.25) is 0 Å². The number of hydrogen-bond acceptors (Lipinski definition) is 8. The molecule has 5 rings (SSSR count). The lowest BCUT2D eigenvalue weighted by Gasteiger charge is -2.48. The molecule has 0 spiro atoms. The van der Waals surface area contributed by atoms with Gasteiger partial charge in [0.1, 0.15) is 17.6 Å². The molecule has 0 N–H and O–H groups in total. The largest absolute Gasteiger partial charge is 0.452 e. The van der Waals surface area contributed by atoms with Gasteiger partial charge in [-0.1, -0.05) is 66.7 Å². The Morgan fingerprint density at radius 2 is 1.28 bits per heavy atom. The molecule has 0 unspecified atom stereocenters. The van der Waals surface area contributed by atoms with Crippen LogP contribution in [0.15, 0.2) is 91.0 Å². The van der Waals surface area contributed by atoms with Gasteiger partial charge in [0.05, 0.1) is 17.7 Å². The Balaban J connectivity index is 1.46. The third-order valence-corrected chi connectivity index (χ3v) is 6.94. The van der Waals surface area contributed by atoms with Crippen molar-refractivity contribution >= 4 is 23.7 Å². The number of carbonyl (C=O) groups excluding carboxylic acids is 2. The highest BCUT2D eigenvalue weighted by atomic mass is 32.2. The van der Waals surface area contributed by atoms with E-state index in [4.69, 9.17) is 23.7 Å². The van der Waals surface area contributed by atoms with Crippen LogP contribution in [-0.2, 0) is 23.7 Å². The second-order valence-corrected chi connectivity index (χ2v) is 9.36. The number of carbonyl (C=O) groups is 2. The van der Waals surface area contributed by atoms with Gasteiger partial charge in [0.15, 0.2) is 18.5 Å². The summed E-state index contributed by atoms with van der Waals surface area (Å²) in [5.41, 5.74) is 1.02. The molecule has 2 aliphatic heterocycles. The summed E-state index contributed by atoms with van der Waals surface area (Å²) in [6.45, 7) is 0.236. The zero-order valence-corrected chi connectivity index (χ0v) is 20.4. The van der Waals surface area contributed by atoms with Crippen molar-refractivity contribution in [3.05, 3.63) is 108 Å². The SMILES string of the molecule is CS[C@@H]1O[C@@H]2CO[C@H](c3ccccc3)O[C@@H]2[C@H](OC(=O)c2ccccc2)[C@H]1OC(=O)c1ccccc1. The minimum atomic E-state index is -0.920. The quantitative estimate of drug-likeness (QED) is 0.448. The van der Waals surface area contributed by atoms with Gasteiger partial charge >= 0.3 is 11.9 Å². The van der Waals surface area contributed by atoms with Crippen molar-refractivity contribution < 1.29 is 33.3 Å². The first-order valence-corrected chi connectivity index (χ1v) is 12.9. The molecule has 0 aromatic heterocycles. The van der Waals surface area contributed by atoms with Crippen LogP contribution >= 0.6 is 11.8 Å². The number of hydrogen-bond donors (Lipinski definition) is 0. The molecule has 186 valence electrons. The second kappa shape index (κ2) is 11.3. The number of esters is 2. The Bertz CT molecular complexity index is 1160. The first-order chi connectivity index (χ1) is 17.6. The second-order valence-electron chi connectivity index (χ2n) is 8.43. The van der Waals surface area contributed by atoms with Crippen molar-refractivity contribution in [2.24, 2.45) is 0 Å². The van der Waals surface area contributed by atoms with Crippen molar-refractivity contribution in [1.82, 2.24) is 0 Å². The van der Waals surface area contributed by atoms with Gasteiger partial charge in [0, 0.05) is 5.56 Å². The van der Waals surface area contributed by atoms with E-state index >= 15 is 0 Å². The minimum Gasteiger partial charge on any atom is -0.452 e. The van der Waals surface area contributed by atoms with E-state index in [2.05, 4.69) is 0 Å². The lowest BCUT2D eigenvalue weighted by Crippen LogP contribution is -2.63. The number of fused-ring (bicyclic) bond motifs is 1. The summed E-state index contributed by atoms with van der Waals surface area (Å²) in [5, 5.41) is 0. The van der Waals surface area contributed by atoms with E-state index in [9.17, 15) is 9.59 Å². The van der Waals surface area contributed by atoms with E-state index in [1.807, 2.05) is 48.7 Å². The highest BCUT2D eigenvalue weighted by Crippen LogP contribution is 2.39. The topological polar surface area (TPSA) is 80.3 Å². The average Bonchev–Trinajstić information content (AvgIpc) is 2.95. The smallest absolute Gasteiger partial charge is 0.338 e. The fraction of sp³-hybridized carbons (Fsp3) is 0.286. The number of benzene rings is 3. The Kier molecular flexibility index (Phi) is 7.67. The molecule has 36 heavy (non-hydrogen) atoms. The van der Waals surface area contributed by atoms with Crippen LogP contribution in [0.4, 0.5) is 0 Å². The third-order valence-electron chi connectivity index (χ3n) is 6.09. The van der Waals surface area contributed by atoms with Crippen LogP contribution in [0.25, 0.3) is 0 Å². The molecule has 0 aliphatic carbocycles. The van der Waals surface area contributed by atoms with Gasteiger partial charge < -0.3 is 23.7 Å². The third kappa shape index (κ3) is 5.32. The first kappa shape index (κ1) is 24.5. The average molecular weight is 507 g/mol. The van der Waals surface area contributed by atoms with Gasteiger partial charge in [-0.2, -0.15) is 0 Å². The van der Waals surface area contributed by atoms with E-state index in [1.165, 1.54) is 11.8 Å². The number of thioether (sulfide) groups is 1. The first-order valence-electron chi connectivity index (χ1n) is 11.7. The molecule has 0 amide bonds. The van der Waals surface area contributed by atoms with Gasteiger partial charge in [0.25, 0.3) is 0 Å². The predicted molar refractivity (Wildman–Crippen MR) is 133 cm³/mol. The van der Waals surface area contributed by atoms with E-state index in [-0.39, 0.29) is 6.61 Å². The summed E-state index contributed by atoms with van der Waals surface area (Å²) >= 11 is 1.37. The molecule has 7 nitrogen and oxygen atoms in total. The van der Waals surface area contributed by atoms with Crippen molar-refractivity contribution in [1.29, 1.82) is 0 Å². The van der Waals surface area contributed by atoms with Crippen LogP contribution < -0.4 is 0 Å². The van der Waals surface area contributed by atoms with Gasteiger partial charge in [0.2, 0.25) is 0 Å². The van der Waals surface area contributed by atoms with Crippen molar-refractivity contribution in [3.63, 3.8) is 0 Å². The molecular formula is C28H26O7S. The molecule has 0 saturated carbocycles. The van der Waals surface area contributed by atoms with E-state index < -0.39 is 48.1 Å². The molecule has 0 bridgehead atoms. The Morgan fingerprint density at radius 3 is 1.83 bits per heavy atom. The predicted octanol–water partition coefficient (Wildman–Crippen LogP) is 4.64. The molecule has 2 aliphatic rings. The number of rotatable bonds is 6. The fourth-order valence-corrected chi connectivity index (χ4v) is 5.04. The Hall–Kier alpha value is -3.17. The van der Waals surface area contributed by atoms with Crippen LogP contribution in [0.1, 0.15) is 32.6 Å². The Labute approximate surface area is 213 Å². The van der Waals surface area contributed by atoms with Gasteiger partial charge in [-0.3, -0.25) is 0 Å². The van der Waals surface area contributed by atoms with E-state index in [0.29, 0.717) is 11.1 Å². The molecule has 0 radical (unpaired) electrons. The van der Waals surface area contributed by atoms with Crippen molar-refractivity contribution in [3.8, 4) is 0 Å². The molecular weight excluding hydrogens is 480 g/mol. The summed E-state index contributed by atoms with van der Waals surface area (Å²) in [5.74, 6) is -1.07. The summed E-state index contributed by atoms with van der Waals surface area (Å²) in [6, 6.07) is 26.9. The summed E-state index contributed by atoms with van der Waals surface area (Å²) in [6.07, 6.45) is -1.88. The minimum absolute atomic E-state index is 0.236. The van der Waals surface area contributed by atoms with Crippen LogP contribution in [-0.4, -0.2) is 54.7 Å². The maximum atomic E-state index is 13.1. The maximum absolute atomic E-state index is 13.1. The zero-order valence-electron chi connectivity index (χ0n) is 19.6.